The number of aromatic amines is 1. The maximum atomic E-state index is 11.7. The van der Waals surface area contributed by atoms with Crippen LogP contribution in [-0.2, 0) is 13.0 Å². The summed E-state index contributed by atoms with van der Waals surface area (Å²) < 4.78 is 2.12. The van der Waals surface area contributed by atoms with Gasteiger partial charge < -0.3 is 25.4 Å². The molecule has 0 saturated heterocycles. The minimum absolute atomic E-state index is 0.0121. The Balaban J connectivity index is 1.20. The molecule has 8 heteroatoms. The highest BCUT2D eigenvalue weighted by Crippen LogP contribution is 2.29. The monoisotopic (exact) mass is 531 g/mol. The second-order valence-corrected chi connectivity index (χ2v) is 11.8. The van der Waals surface area contributed by atoms with Gasteiger partial charge in [0.25, 0.3) is 0 Å². The highest BCUT2D eigenvalue weighted by atomic mass is 16.3. The minimum atomic E-state index is -0.800. The summed E-state index contributed by atoms with van der Waals surface area (Å²) in [6.45, 7) is 6.48. The van der Waals surface area contributed by atoms with Gasteiger partial charge in [0.05, 0.1) is 29.9 Å². The minimum Gasteiger partial charge on any atom is -0.506 e. The number of likely N-dealkylation sites (N-methyl/N-ethyl adjacent to an activating group) is 1. The van der Waals surface area contributed by atoms with Crippen LogP contribution in [0.1, 0.15) is 63.2 Å². The predicted octanol–water partition coefficient (Wildman–Crippen LogP) is 4.49. The maximum absolute atomic E-state index is 11.7. The first-order valence-electron chi connectivity index (χ1n) is 14.1. The Labute approximate surface area is 229 Å². The number of aromatic nitrogens is 3. The third-order valence-electron chi connectivity index (χ3n) is 8.25. The molecule has 4 N–H and O–H groups in total. The van der Waals surface area contributed by atoms with Crippen molar-refractivity contribution in [2.24, 2.45) is 0 Å². The van der Waals surface area contributed by atoms with E-state index in [2.05, 4.69) is 64.1 Å². The Bertz CT molecular complexity index is 1480. The van der Waals surface area contributed by atoms with Gasteiger partial charge in [-0.2, -0.15) is 5.10 Å². The summed E-state index contributed by atoms with van der Waals surface area (Å²) >= 11 is 0. The zero-order chi connectivity index (χ0) is 27.6. The van der Waals surface area contributed by atoms with Crippen LogP contribution in [0.5, 0.6) is 5.75 Å². The average molecular weight is 532 g/mol. The molecule has 2 aromatic heterocycles. The number of hydrogen-bond donors (Lipinski definition) is 4. The van der Waals surface area contributed by atoms with Gasteiger partial charge in [-0.3, -0.25) is 9.48 Å². The van der Waals surface area contributed by atoms with Gasteiger partial charge in [0, 0.05) is 41.5 Å². The summed E-state index contributed by atoms with van der Waals surface area (Å²) in [4.78, 5) is 16.9. The van der Waals surface area contributed by atoms with Crippen LogP contribution in [0.15, 0.2) is 53.5 Å². The Morgan fingerprint density at radius 3 is 2.74 bits per heavy atom. The molecule has 4 aromatic rings. The van der Waals surface area contributed by atoms with Crippen LogP contribution < -0.4 is 10.9 Å². The lowest BCUT2D eigenvalue weighted by molar-refractivity contribution is 0.162. The summed E-state index contributed by atoms with van der Waals surface area (Å²) in [5.74, 6) is -0.0121. The molecule has 0 bridgehead atoms. The Morgan fingerprint density at radius 1 is 1.15 bits per heavy atom. The number of aromatic hydroxyl groups is 1. The zero-order valence-electron chi connectivity index (χ0n) is 23.3. The summed E-state index contributed by atoms with van der Waals surface area (Å²) in [6.07, 6.45) is 8.65. The van der Waals surface area contributed by atoms with E-state index in [1.807, 2.05) is 6.20 Å². The number of hydrogen-bond acceptors (Lipinski definition) is 6. The van der Waals surface area contributed by atoms with Crippen molar-refractivity contribution in [1.82, 2.24) is 25.0 Å². The van der Waals surface area contributed by atoms with Crippen LogP contribution in [0.3, 0.4) is 0 Å². The summed E-state index contributed by atoms with van der Waals surface area (Å²) in [5, 5.41) is 31.1. The standard InChI is InChI=1S/C31H41N5O3/c1-31(2,32-20-28(38)24-10-13-27(37)30-25(24)11-14-29(39)34-30)18-21-9-12-26-22(17-21)19-33-36(26)16-15-35(3)23-7-5-4-6-8-23/h9-14,17,19,23,28,32,37-38H,4-8,15-16,18,20H2,1-3H3,(H,34,39)/t28-/m0/s1. The molecule has 8 nitrogen and oxygen atoms in total. The highest BCUT2D eigenvalue weighted by molar-refractivity contribution is 5.87. The van der Waals surface area contributed by atoms with Gasteiger partial charge in [-0.25, -0.2) is 0 Å². The van der Waals surface area contributed by atoms with Gasteiger partial charge in [-0.05, 0) is 75.5 Å². The number of fused-ring (bicyclic) bond motifs is 2. The molecule has 208 valence electrons. The van der Waals surface area contributed by atoms with E-state index in [9.17, 15) is 15.0 Å². The van der Waals surface area contributed by atoms with E-state index in [0.29, 0.717) is 29.1 Å². The molecule has 2 aromatic carbocycles. The van der Waals surface area contributed by atoms with Crippen molar-refractivity contribution in [2.45, 2.75) is 76.6 Å². The number of benzene rings is 2. The van der Waals surface area contributed by atoms with Crippen molar-refractivity contribution in [3.05, 3.63) is 70.1 Å². The number of rotatable bonds is 10. The first-order chi connectivity index (χ1) is 18.7. The molecule has 1 fully saturated rings. The fourth-order valence-electron chi connectivity index (χ4n) is 5.99. The normalized spacial score (nSPS) is 15.9. The third-order valence-corrected chi connectivity index (χ3v) is 8.25. The number of nitrogens with one attached hydrogen (secondary N) is 2. The first-order valence-corrected chi connectivity index (χ1v) is 14.1. The maximum Gasteiger partial charge on any atom is 0.248 e. The van der Waals surface area contributed by atoms with Crippen molar-refractivity contribution in [2.75, 3.05) is 20.1 Å². The van der Waals surface area contributed by atoms with Gasteiger partial charge in [0.1, 0.15) is 5.75 Å². The average Bonchev–Trinajstić information content (AvgIpc) is 3.33. The number of phenolic OH excluding ortho intramolecular Hbond substituents is 1. The van der Waals surface area contributed by atoms with Crippen molar-refractivity contribution in [3.63, 3.8) is 0 Å². The summed E-state index contributed by atoms with van der Waals surface area (Å²) in [7, 11) is 2.25. The van der Waals surface area contributed by atoms with E-state index in [0.717, 1.165) is 30.4 Å². The highest BCUT2D eigenvalue weighted by Gasteiger charge is 2.22. The van der Waals surface area contributed by atoms with Crippen molar-refractivity contribution >= 4 is 21.8 Å². The lowest BCUT2D eigenvalue weighted by Gasteiger charge is -2.31. The number of β-amino-alcohol motifs (C(OH)–C–C–N with tert-alkyl or cyclic N) is 1. The number of aliphatic hydroxyl groups is 1. The molecule has 0 radical (unpaired) electrons. The Morgan fingerprint density at radius 2 is 1.95 bits per heavy atom. The van der Waals surface area contributed by atoms with Crippen LogP contribution in [0.4, 0.5) is 0 Å². The van der Waals surface area contributed by atoms with E-state index < -0.39 is 6.10 Å². The molecule has 1 atom stereocenters. The van der Waals surface area contributed by atoms with Gasteiger partial charge >= 0.3 is 0 Å². The second kappa shape index (κ2) is 11.5. The van der Waals surface area contributed by atoms with Crippen LogP contribution in [0, 0.1) is 0 Å². The largest absolute Gasteiger partial charge is 0.506 e. The predicted molar refractivity (Wildman–Crippen MR) is 156 cm³/mol. The van der Waals surface area contributed by atoms with Gasteiger partial charge in [-0.1, -0.05) is 31.4 Å². The fourth-order valence-corrected chi connectivity index (χ4v) is 5.99. The smallest absolute Gasteiger partial charge is 0.248 e. The summed E-state index contributed by atoms with van der Waals surface area (Å²) in [6, 6.07) is 13.5. The van der Waals surface area contributed by atoms with Gasteiger partial charge in [0.15, 0.2) is 0 Å². The molecule has 1 saturated carbocycles. The molecular weight excluding hydrogens is 490 g/mol. The molecule has 0 spiro atoms. The number of H-pyrrole nitrogens is 1. The molecule has 0 aliphatic heterocycles. The van der Waals surface area contributed by atoms with Gasteiger partial charge in [-0.15, -0.1) is 0 Å². The van der Waals surface area contributed by atoms with Crippen molar-refractivity contribution in [1.29, 1.82) is 0 Å². The first kappa shape index (κ1) is 27.4. The molecule has 0 unspecified atom stereocenters. The van der Waals surface area contributed by atoms with Crippen LogP contribution in [0.25, 0.3) is 21.8 Å². The van der Waals surface area contributed by atoms with E-state index in [4.69, 9.17) is 0 Å². The number of aliphatic hydroxyl groups excluding tert-OH is 1. The number of nitrogens with zero attached hydrogens (tertiary/aromatic N) is 3. The Hall–Kier alpha value is -3.20. The van der Waals surface area contributed by atoms with E-state index in [1.165, 1.54) is 49.8 Å². The molecule has 39 heavy (non-hydrogen) atoms. The summed E-state index contributed by atoms with van der Waals surface area (Å²) in [5.41, 5.74) is 2.81. The van der Waals surface area contributed by atoms with Gasteiger partial charge in [0.2, 0.25) is 5.56 Å². The van der Waals surface area contributed by atoms with Crippen molar-refractivity contribution < 1.29 is 10.2 Å². The Kier molecular flexibility index (Phi) is 8.07. The van der Waals surface area contributed by atoms with E-state index in [1.54, 1.807) is 12.1 Å². The topological polar surface area (TPSA) is 106 Å². The van der Waals surface area contributed by atoms with E-state index in [-0.39, 0.29) is 16.8 Å². The van der Waals surface area contributed by atoms with Crippen LogP contribution in [-0.4, -0.2) is 61.6 Å². The molecule has 1 aliphatic rings. The fraction of sp³-hybridized carbons (Fsp3) is 0.484. The lowest BCUT2D eigenvalue weighted by Crippen LogP contribution is -2.43. The second-order valence-electron chi connectivity index (χ2n) is 11.8. The molecule has 0 amide bonds. The molecule has 5 rings (SSSR count). The molecule has 2 heterocycles. The van der Waals surface area contributed by atoms with Crippen LogP contribution >= 0.6 is 0 Å². The van der Waals surface area contributed by atoms with Crippen molar-refractivity contribution in [3.8, 4) is 5.75 Å². The molecule has 1 aliphatic carbocycles. The number of phenols is 1. The van der Waals surface area contributed by atoms with E-state index >= 15 is 0 Å². The molecular formula is C31H41N5O3. The van der Waals surface area contributed by atoms with Crippen LogP contribution in [0.2, 0.25) is 0 Å². The third kappa shape index (κ3) is 6.35. The number of pyridine rings is 1. The lowest BCUT2D eigenvalue weighted by atomic mass is 9.93. The zero-order valence-corrected chi connectivity index (χ0v) is 23.3. The quantitative estimate of drug-likeness (QED) is 0.240. The SMILES string of the molecule is CN(CCn1ncc2cc(CC(C)(C)NC[C@H](O)c3ccc(O)c4[nH]c(=O)ccc34)ccc21)C1CCCCC1.